The van der Waals surface area contributed by atoms with Gasteiger partial charge in [-0.1, -0.05) is 47.6 Å². The second-order valence-corrected chi connectivity index (χ2v) is 7.75. The quantitative estimate of drug-likeness (QED) is 0.448. The second-order valence-electron chi connectivity index (χ2n) is 7.75. The molecule has 6 heteroatoms. The van der Waals surface area contributed by atoms with E-state index in [-0.39, 0.29) is 5.91 Å². The molecular weight excluding hydrogens is 388 g/mol. The zero-order chi connectivity index (χ0) is 22.0. The number of fused-ring (bicyclic) bond motifs is 1. The molecule has 4 rings (SSSR count). The number of hydrogen-bond donors (Lipinski definition) is 0. The highest BCUT2D eigenvalue weighted by atomic mass is 16.5. The Morgan fingerprint density at radius 1 is 1.03 bits per heavy atom. The summed E-state index contributed by atoms with van der Waals surface area (Å²) >= 11 is 0. The van der Waals surface area contributed by atoms with E-state index >= 15 is 0 Å². The summed E-state index contributed by atoms with van der Waals surface area (Å²) in [6.07, 6.45) is 0. The third kappa shape index (κ3) is 4.14. The smallest absolute Gasteiger partial charge is 0.259 e. The van der Waals surface area contributed by atoms with Gasteiger partial charge in [0.15, 0.2) is 0 Å². The van der Waals surface area contributed by atoms with E-state index in [1.165, 1.54) is 0 Å². The minimum atomic E-state index is -0.0601. The lowest BCUT2D eigenvalue weighted by Crippen LogP contribution is -2.30. The Hall–Kier alpha value is -3.67. The summed E-state index contributed by atoms with van der Waals surface area (Å²) in [5.74, 6) is -0.0601. The van der Waals surface area contributed by atoms with E-state index in [0.717, 1.165) is 16.8 Å². The molecule has 0 bridgehead atoms. The molecule has 1 amide bonds. The number of anilines is 1. The number of rotatable bonds is 6. The number of carbonyl (C=O) groups is 1. The van der Waals surface area contributed by atoms with Gasteiger partial charge in [-0.2, -0.15) is 0 Å². The summed E-state index contributed by atoms with van der Waals surface area (Å²) in [5, 5.41) is 4.73. The first-order valence-electron chi connectivity index (χ1n) is 10.4. The van der Waals surface area contributed by atoms with E-state index in [1.807, 2.05) is 69.2 Å². The van der Waals surface area contributed by atoms with Crippen molar-refractivity contribution in [1.82, 2.24) is 15.0 Å². The van der Waals surface area contributed by atoms with Gasteiger partial charge in [-0.15, -0.1) is 0 Å². The van der Waals surface area contributed by atoms with Crippen molar-refractivity contribution in [3.8, 4) is 11.3 Å². The van der Waals surface area contributed by atoms with Gasteiger partial charge in [0.05, 0.1) is 22.3 Å². The molecule has 0 aliphatic heterocycles. The van der Waals surface area contributed by atoms with Crippen molar-refractivity contribution in [3.63, 3.8) is 0 Å². The molecule has 2 aromatic heterocycles. The van der Waals surface area contributed by atoms with E-state index in [2.05, 4.69) is 39.3 Å². The normalized spacial score (nSPS) is 11.0. The van der Waals surface area contributed by atoms with Gasteiger partial charge in [0.1, 0.15) is 0 Å². The fraction of sp³-hybridized carbons (Fsp3) is 0.240. The van der Waals surface area contributed by atoms with Gasteiger partial charge in [0, 0.05) is 38.4 Å². The first kappa shape index (κ1) is 20.6. The van der Waals surface area contributed by atoms with E-state index in [9.17, 15) is 4.79 Å². The van der Waals surface area contributed by atoms with Crippen LogP contribution in [-0.2, 0) is 6.54 Å². The molecule has 0 atom stereocenters. The van der Waals surface area contributed by atoms with Crippen LogP contribution < -0.4 is 4.90 Å². The number of hydrogen-bond acceptors (Lipinski definition) is 5. The molecule has 158 valence electrons. The number of nitrogens with zero attached hydrogens (tertiary/aromatic N) is 4. The highest BCUT2D eigenvalue weighted by molar-refractivity contribution is 6.07. The van der Waals surface area contributed by atoms with Crippen molar-refractivity contribution < 1.29 is 9.32 Å². The van der Waals surface area contributed by atoms with E-state index in [4.69, 9.17) is 4.52 Å². The molecule has 2 aromatic carbocycles. The lowest BCUT2D eigenvalue weighted by molar-refractivity contribution is 0.0754. The third-order valence-electron chi connectivity index (χ3n) is 5.41. The van der Waals surface area contributed by atoms with Crippen molar-refractivity contribution >= 4 is 22.7 Å². The Morgan fingerprint density at radius 2 is 1.74 bits per heavy atom. The van der Waals surface area contributed by atoms with Crippen molar-refractivity contribution in [1.29, 1.82) is 0 Å². The summed E-state index contributed by atoms with van der Waals surface area (Å²) in [4.78, 5) is 22.1. The molecule has 0 spiro atoms. The Kier molecular flexibility index (Phi) is 5.71. The molecule has 0 fully saturated rings. The number of benzene rings is 2. The molecule has 0 N–H and O–H groups in total. The maximum atomic E-state index is 13.6. The number of carbonyl (C=O) groups excluding carboxylic acids is 1. The summed E-state index contributed by atoms with van der Waals surface area (Å²) < 4.78 is 5.43. The van der Waals surface area contributed by atoms with Crippen LogP contribution >= 0.6 is 0 Å². The molecule has 2 heterocycles. The molecule has 0 radical (unpaired) electrons. The highest BCUT2D eigenvalue weighted by Gasteiger charge is 2.23. The molecule has 0 unspecified atom stereocenters. The van der Waals surface area contributed by atoms with Crippen molar-refractivity contribution in [2.45, 2.75) is 20.4 Å². The largest absolute Gasteiger partial charge is 0.378 e. The van der Waals surface area contributed by atoms with Crippen LogP contribution in [0.4, 0.5) is 5.69 Å². The standard InChI is InChI=1S/C25H26N4O2/c1-5-29(16-18-11-13-20(14-12-18)28(3)4)25(30)21-15-22(19-9-7-6-8-10-19)26-24-23(21)17(2)27-31-24/h6-15H,5,16H2,1-4H3. The van der Waals surface area contributed by atoms with Gasteiger partial charge in [0.2, 0.25) is 0 Å². The topological polar surface area (TPSA) is 62.5 Å². The predicted molar refractivity (Wildman–Crippen MR) is 123 cm³/mol. The minimum absolute atomic E-state index is 0.0601. The highest BCUT2D eigenvalue weighted by Crippen LogP contribution is 2.28. The van der Waals surface area contributed by atoms with E-state index < -0.39 is 0 Å². The van der Waals surface area contributed by atoms with Crippen LogP contribution in [0.3, 0.4) is 0 Å². The van der Waals surface area contributed by atoms with Crippen LogP contribution in [0.15, 0.2) is 65.2 Å². The lowest BCUT2D eigenvalue weighted by atomic mass is 10.0. The summed E-state index contributed by atoms with van der Waals surface area (Å²) in [6.45, 7) is 4.94. The van der Waals surface area contributed by atoms with Gasteiger partial charge in [-0.3, -0.25) is 4.79 Å². The zero-order valence-corrected chi connectivity index (χ0v) is 18.3. The lowest BCUT2D eigenvalue weighted by Gasteiger charge is -2.22. The fourth-order valence-electron chi connectivity index (χ4n) is 3.64. The second kappa shape index (κ2) is 8.60. The molecule has 0 saturated heterocycles. The molecule has 4 aromatic rings. The van der Waals surface area contributed by atoms with Crippen LogP contribution in [0.2, 0.25) is 0 Å². The Bertz CT molecular complexity index is 1200. The van der Waals surface area contributed by atoms with E-state index in [0.29, 0.717) is 41.1 Å². The van der Waals surface area contributed by atoms with Crippen LogP contribution in [0.25, 0.3) is 22.4 Å². The van der Waals surface area contributed by atoms with E-state index in [1.54, 1.807) is 0 Å². The van der Waals surface area contributed by atoms with Crippen molar-refractivity contribution in [3.05, 3.63) is 77.5 Å². The van der Waals surface area contributed by atoms with Gasteiger partial charge >= 0.3 is 0 Å². The van der Waals surface area contributed by atoms with Gasteiger partial charge in [-0.05, 0) is 37.6 Å². The van der Waals surface area contributed by atoms with Crippen LogP contribution in [0, 0.1) is 6.92 Å². The number of aryl methyl sites for hydroxylation is 1. The van der Waals surface area contributed by atoms with Gasteiger partial charge < -0.3 is 14.3 Å². The monoisotopic (exact) mass is 414 g/mol. The minimum Gasteiger partial charge on any atom is -0.378 e. The molecule has 0 saturated carbocycles. The first-order valence-corrected chi connectivity index (χ1v) is 10.4. The summed E-state index contributed by atoms with van der Waals surface area (Å²) in [6, 6.07) is 19.9. The van der Waals surface area contributed by atoms with Crippen LogP contribution in [-0.4, -0.2) is 41.6 Å². The van der Waals surface area contributed by atoms with Crippen molar-refractivity contribution in [2.24, 2.45) is 0 Å². The Labute approximate surface area is 182 Å². The molecule has 0 aliphatic carbocycles. The molecule has 0 aliphatic rings. The summed E-state index contributed by atoms with van der Waals surface area (Å²) in [7, 11) is 4.02. The molecular formula is C25H26N4O2. The Morgan fingerprint density at radius 3 is 2.39 bits per heavy atom. The van der Waals surface area contributed by atoms with Gasteiger partial charge in [0.25, 0.3) is 11.6 Å². The van der Waals surface area contributed by atoms with Crippen molar-refractivity contribution in [2.75, 3.05) is 25.5 Å². The average molecular weight is 415 g/mol. The predicted octanol–water partition coefficient (Wildman–Crippen LogP) is 4.93. The van der Waals surface area contributed by atoms with Gasteiger partial charge in [-0.25, -0.2) is 4.98 Å². The maximum absolute atomic E-state index is 13.6. The SMILES string of the molecule is CCN(Cc1ccc(N(C)C)cc1)C(=O)c1cc(-c2ccccc2)nc2onc(C)c12. The molecule has 6 nitrogen and oxygen atoms in total. The average Bonchev–Trinajstić information content (AvgIpc) is 3.18. The fourth-order valence-corrected chi connectivity index (χ4v) is 3.64. The van der Waals surface area contributed by atoms with Crippen LogP contribution in [0.5, 0.6) is 0 Å². The van der Waals surface area contributed by atoms with Crippen LogP contribution in [0.1, 0.15) is 28.5 Å². The Balaban J connectivity index is 1.71. The number of pyridine rings is 1. The zero-order valence-electron chi connectivity index (χ0n) is 18.3. The molecule has 31 heavy (non-hydrogen) atoms. The maximum Gasteiger partial charge on any atom is 0.259 e. The summed E-state index contributed by atoms with van der Waals surface area (Å²) in [5.41, 5.74) is 5.44. The number of aromatic nitrogens is 2. The first-order chi connectivity index (χ1) is 15.0. The third-order valence-corrected chi connectivity index (χ3v) is 5.41. The number of amides is 1.